The highest BCUT2D eigenvalue weighted by Gasteiger charge is 2.52. The molecule has 2 atom stereocenters. The molecule has 1 spiro atoms. The van der Waals surface area contributed by atoms with E-state index in [0.29, 0.717) is 60.2 Å². The molecule has 4 aromatic rings. The van der Waals surface area contributed by atoms with Crippen LogP contribution in [0.4, 0.5) is 4.79 Å². The maximum absolute atomic E-state index is 12.0. The van der Waals surface area contributed by atoms with E-state index in [0.717, 1.165) is 63.4 Å². The standard InChI is InChI=1S/C38H46N10O4/c1-37(2,23-44-20-28-12-29(21-44)47(28)19-26-6-7-34(50-3)42-15-26)33-18-40-32(17-41-33)31-13-30(22-48-35(31)27(14-39)16-43-48)52-11-10-46-9-5-8-38(46)24-45(25-38)36(49)51-4/h6-7,13,15-18,22,28-29H,5,8-12,19-21,23-25H2,1-4H3. The quantitative estimate of drug-likeness (QED) is 0.225. The minimum absolute atomic E-state index is 0.00591. The Bertz CT molecular complexity index is 1960. The van der Waals surface area contributed by atoms with Crippen molar-refractivity contribution in [2.75, 3.05) is 66.6 Å². The fraction of sp³-hybridized carbons (Fsp3) is 0.526. The molecule has 9 heterocycles. The molecule has 0 aliphatic carbocycles. The van der Waals surface area contributed by atoms with Gasteiger partial charge in [-0.05, 0) is 37.4 Å². The molecule has 14 heteroatoms. The first kappa shape index (κ1) is 34.3. The normalized spacial score (nSPS) is 21.5. The van der Waals surface area contributed by atoms with E-state index in [4.69, 9.17) is 24.2 Å². The summed E-state index contributed by atoms with van der Waals surface area (Å²) in [4.78, 5) is 35.5. The van der Waals surface area contributed by atoms with Crippen LogP contribution in [-0.2, 0) is 16.7 Å². The van der Waals surface area contributed by atoms with Crippen molar-refractivity contribution < 1.29 is 19.0 Å². The van der Waals surface area contributed by atoms with Crippen LogP contribution in [0.3, 0.4) is 0 Å². The molecule has 272 valence electrons. The van der Waals surface area contributed by atoms with Crippen LogP contribution >= 0.6 is 0 Å². The zero-order chi connectivity index (χ0) is 36.0. The van der Waals surface area contributed by atoms with E-state index in [1.165, 1.54) is 19.1 Å². The molecular weight excluding hydrogens is 660 g/mol. The number of carbonyl (C=O) groups is 1. The summed E-state index contributed by atoms with van der Waals surface area (Å²) in [5, 5.41) is 14.3. The number of hydrogen-bond acceptors (Lipinski definition) is 12. The van der Waals surface area contributed by atoms with Crippen molar-refractivity contribution in [1.29, 1.82) is 5.26 Å². The maximum atomic E-state index is 12.0. The molecule has 0 saturated carbocycles. The van der Waals surface area contributed by atoms with Crippen LogP contribution in [0.15, 0.2) is 49.2 Å². The fourth-order valence-electron chi connectivity index (χ4n) is 8.80. The van der Waals surface area contributed by atoms with Gasteiger partial charge >= 0.3 is 6.09 Å². The number of rotatable bonds is 11. The maximum Gasteiger partial charge on any atom is 0.409 e. The summed E-state index contributed by atoms with van der Waals surface area (Å²) in [5.41, 5.74) is 4.48. The van der Waals surface area contributed by atoms with Crippen LogP contribution in [0.5, 0.6) is 11.6 Å². The van der Waals surface area contributed by atoms with Crippen LogP contribution in [0.1, 0.15) is 49.9 Å². The number of hydrogen-bond donors (Lipinski definition) is 0. The first-order valence-electron chi connectivity index (χ1n) is 18.1. The average molecular weight is 707 g/mol. The first-order valence-corrected chi connectivity index (χ1v) is 18.1. The van der Waals surface area contributed by atoms with Crippen molar-refractivity contribution in [2.24, 2.45) is 0 Å². The Kier molecular flexibility index (Phi) is 8.97. The summed E-state index contributed by atoms with van der Waals surface area (Å²) >= 11 is 0. The molecular formula is C38H46N10O4. The summed E-state index contributed by atoms with van der Waals surface area (Å²) in [5.74, 6) is 1.28. The lowest BCUT2D eigenvalue weighted by molar-refractivity contribution is -0.0790. The van der Waals surface area contributed by atoms with E-state index in [1.807, 2.05) is 30.7 Å². The van der Waals surface area contributed by atoms with Gasteiger partial charge in [0.25, 0.3) is 0 Å². The van der Waals surface area contributed by atoms with Gasteiger partial charge < -0.3 is 19.1 Å². The number of amides is 1. The third-order valence-electron chi connectivity index (χ3n) is 11.5. The molecule has 0 aromatic carbocycles. The van der Waals surface area contributed by atoms with E-state index in [2.05, 4.69) is 50.8 Å². The number of aromatic nitrogens is 5. The number of nitrogens with zero attached hydrogens (tertiary/aromatic N) is 10. The molecule has 4 aromatic heterocycles. The Morgan fingerprint density at radius 2 is 1.90 bits per heavy atom. The highest BCUT2D eigenvalue weighted by Crippen LogP contribution is 2.39. The molecule has 2 unspecified atom stereocenters. The lowest BCUT2D eigenvalue weighted by Crippen LogP contribution is -2.69. The van der Waals surface area contributed by atoms with E-state index in [-0.39, 0.29) is 17.0 Å². The van der Waals surface area contributed by atoms with Gasteiger partial charge in [-0.15, -0.1) is 0 Å². The molecule has 5 aliphatic rings. The molecule has 5 saturated heterocycles. The van der Waals surface area contributed by atoms with Crippen molar-refractivity contribution in [3.63, 3.8) is 0 Å². The van der Waals surface area contributed by atoms with Crippen molar-refractivity contribution in [3.8, 4) is 29.0 Å². The molecule has 5 aliphatic heterocycles. The first-order chi connectivity index (χ1) is 25.2. The van der Waals surface area contributed by atoms with E-state index >= 15 is 0 Å². The average Bonchev–Trinajstić information content (AvgIpc) is 3.77. The number of methoxy groups -OCH3 is 2. The number of pyridine rings is 2. The van der Waals surface area contributed by atoms with Gasteiger partial charge in [0.15, 0.2) is 0 Å². The molecule has 2 bridgehead atoms. The summed E-state index contributed by atoms with van der Waals surface area (Å²) in [7, 11) is 3.07. The number of carbonyl (C=O) groups excluding carboxylic acids is 1. The number of piperidine rings is 1. The Labute approximate surface area is 303 Å². The third-order valence-corrected chi connectivity index (χ3v) is 11.5. The highest BCUT2D eigenvalue weighted by atomic mass is 16.5. The van der Waals surface area contributed by atoms with E-state index in [9.17, 15) is 10.1 Å². The van der Waals surface area contributed by atoms with Gasteiger partial charge in [-0.25, -0.2) is 14.3 Å². The Morgan fingerprint density at radius 1 is 1.08 bits per heavy atom. The zero-order valence-corrected chi connectivity index (χ0v) is 30.4. The van der Waals surface area contributed by atoms with Crippen LogP contribution in [-0.4, -0.2) is 135 Å². The smallest absolute Gasteiger partial charge is 0.409 e. The number of likely N-dealkylation sites (tertiary alicyclic amines) is 2. The summed E-state index contributed by atoms with van der Waals surface area (Å²) in [6.45, 7) is 11.9. The van der Waals surface area contributed by atoms with Gasteiger partial charge in [0.1, 0.15) is 18.4 Å². The zero-order valence-electron chi connectivity index (χ0n) is 30.4. The van der Waals surface area contributed by atoms with Crippen LogP contribution < -0.4 is 9.47 Å². The van der Waals surface area contributed by atoms with Gasteiger partial charge in [0, 0.05) is 87.3 Å². The molecule has 5 fully saturated rings. The van der Waals surface area contributed by atoms with E-state index < -0.39 is 0 Å². The summed E-state index contributed by atoms with van der Waals surface area (Å²) < 4.78 is 18.1. The minimum atomic E-state index is -0.268. The molecule has 14 nitrogen and oxygen atoms in total. The monoisotopic (exact) mass is 706 g/mol. The van der Waals surface area contributed by atoms with Gasteiger partial charge in [-0.3, -0.25) is 24.7 Å². The van der Waals surface area contributed by atoms with Gasteiger partial charge in [0.2, 0.25) is 5.88 Å². The molecule has 52 heavy (non-hydrogen) atoms. The predicted octanol–water partition coefficient (Wildman–Crippen LogP) is 3.60. The Balaban J connectivity index is 0.919. The second kappa shape index (κ2) is 13.6. The van der Waals surface area contributed by atoms with Gasteiger partial charge in [0.05, 0.1) is 60.8 Å². The van der Waals surface area contributed by atoms with Crippen LogP contribution in [0.2, 0.25) is 0 Å². The Hall–Kier alpha value is -4.84. The fourth-order valence-corrected chi connectivity index (χ4v) is 8.80. The molecule has 1 amide bonds. The van der Waals surface area contributed by atoms with Crippen molar-refractivity contribution in [3.05, 3.63) is 66.0 Å². The highest BCUT2D eigenvalue weighted by molar-refractivity contribution is 5.83. The predicted molar refractivity (Wildman–Crippen MR) is 192 cm³/mol. The second-order valence-corrected chi connectivity index (χ2v) is 15.3. The topological polar surface area (TPSA) is 137 Å². The lowest BCUT2D eigenvalue weighted by atomic mass is 9.83. The largest absolute Gasteiger partial charge is 0.491 e. The van der Waals surface area contributed by atoms with Gasteiger partial charge in [-0.2, -0.15) is 10.4 Å². The van der Waals surface area contributed by atoms with Crippen molar-refractivity contribution >= 4 is 11.6 Å². The molecule has 0 N–H and O–H groups in total. The lowest BCUT2D eigenvalue weighted by Gasteiger charge is -2.57. The SMILES string of the molecule is COC(=O)N1CC2(CCCN2CCOc2cc(-c3cnc(C(C)(C)CN4CC5CC(C4)N5Cc4ccc(OC)nc4)cn3)c3c(C#N)cnn3c2)C1. The third kappa shape index (κ3) is 6.31. The minimum Gasteiger partial charge on any atom is -0.491 e. The number of piperazine rings is 1. The van der Waals surface area contributed by atoms with Gasteiger partial charge in [-0.1, -0.05) is 19.9 Å². The van der Waals surface area contributed by atoms with Crippen LogP contribution in [0.25, 0.3) is 16.8 Å². The number of ether oxygens (including phenoxy) is 3. The van der Waals surface area contributed by atoms with Crippen molar-refractivity contribution in [1.82, 2.24) is 44.2 Å². The number of fused-ring (bicyclic) bond motifs is 3. The van der Waals surface area contributed by atoms with Crippen molar-refractivity contribution in [2.45, 2.75) is 62.7 Å². The summed E-state index contributed by atoms with van der Waals surface area (Å²) in [6.07, 6.45) is 12.1. The second-order valence-electron chi connectivity index (χ2n) is 15.3. The number of nitriles is 1. The molecule has 0 radical (unpaired) electrons. The van der Waals surface area contributed by atoms with Crippen LogP contribution in [0, 0.1) is 11.3 Å². The molecule has 9 rings (SSSR count). The summed E-state index contributed by atoms with van der Waals surface area (Å²) in [6, 6.07) is 9.32. The Morgan fingerprint density at radius 3 is 2.60 bits per heavy atom. The van der Waals surface area contributed by atoms with E-state index in [1.54, 1.807) is 28.9 Å².